The molecule has 0 radical (unpaired) electrons. The van der Waals surface area contributed by atoms with Gasteiger partial charge in [-0.05, 0) is 55.3 Å². The SMILES string of the molecule is COc1ccc(CN2C[C@H]3COc4c(cn(C)c4C(=O)Nc4ccc(F)c(C)c4)S(=O)(=O)N[C@@]3(C)C2)cc1. The zero-order valence-corrected chi connectivity index (χ0v) is 22.6. The molecule has 2 atom stereocenters. The number of likely N-dealkylation sites (tertiary alicyclic amines) is 1. The molecule has 0 saturated carbocycles. The number of carbonyl (C=O) groups is 1. The van der Waals surface area contributed by atoms with Crippen molar-refractivity contribution >= 4 is 21.6 Å². The van der Waals surface area contributed by atoms with Crippen LogP contribution in [0.2, 0.25) is 0 Å². The Balaban J connectivity index is 1.39. The van der Waals surface area contributed by atoms with Crippen molar-refractivity contribution in [3.8, 4) is 11.5 Å². The molecule has 11 heteroatoms. The first-order valence-corrected chi connectivity index (χ1v) is 13.8. The van der Waals surface area contributed by atoms with Crippen molar-refractivity contribution in [2.24, 2.45) is 13.0 Å². The first kappa shape index (κ1) is 26.2. The van der Waals surface area contributed by atoms with E-state index in [1.807, 2.05) is 31.2 Å². The molecule has 9 nitrogen and oxygen atoms in total. The molecule has 1 aromatic heterocycles. The standard InChI is InChI=1S/C27H31FN4O5S/c1-17-11-20(7-10-22(17)28)29-26(33)24-25-23(14-31(24)3)38(34,35)30-27(2)16-32(13-19(27)15-37-25)12-18-5-8-21(36-4)9-6-18/h5-11,14,19,30H,12-13,15-16H2,1-4H3,(H,29,33)/t19-,27-/m0/s1. The molecule has 3 aromatic rings. The van der Waals surface area contributed by atoms with Gasteiger partial charge in [-0.15, -0.1) is 0 Å². The Morgan fingerprint density at radius 2 is 2.00 bits per heavy atom. The molecule has 0 aliphatic carbocycles. The highest BCUT2D eigenvalue weighted by Crippen LogP contribution is 2.38. The maximum atomic E-state index is 13.7. The zero-order valence-electron chi connectivity index (χ0n) is 21.7. The van der Waals surface area contributed by atoms with Crippen LogP contribution in [0.1, 0.15) is 28.5 Å². The van der Waals surface area contributed by atoms with Gasteiger partial charge in [-0.1, -0.05) is 12.1 Å². The Morgan fingerprint density at radius 3 is 2.68 bits per heavy atom. The van der Waals surface area contributed by atoms with Crippen LogP contribution in [-0.2, 0) is 23.6 Å². The van der Waals surface area contributed by atoms with Gasteiger partial charge in [-0.3, -0.25) is 9.69 Å². The van der Waals surface area contributed by atoms with Crippen LogP contribution < -0.4 is 19.5 Å². The summed E-state index contributed by atoms with van der Waals surface area (Å²) in [4.78, 5) is 15.3. The molecule has 2 aliphatic rings. The topological polar surface area (TPSA) is 102 Å². The number of hydrogen-bond acceptors (Lipinski definition) is 6. The van der Waals surface area contributed by atoms with Gasteiger partial charge in [0, 0.05) is 44.5 Å². The number of carbonyl (C=O) groups excluding carboxylic acids is 1. The summed E-state index contributed by atoms with van der Waals surface area (Å²) in [6, 6.07) is 12.0. The molecule has 202 valence electrons. The number of ether oxygens (including phenoxy) is 2. The van der Waals surface area contributed by atoms with Crippen LogP contribution in [0.25, 0.3) is 0 Å². The lowest BCUT2D eigenvalue weighted by Gasteiger charge is -2.33. The molecule has 0 unspecified atom stereocenters. The van der Waals surface area contributed by atoms with Crippen molar-refractivity contribution in [1.29, 1.82) is 0 Å². The third-order valence-corrected chi connectivity index (χ3v) is 8.92. The molecule has 2 aromatic carbocycles. The number of amides is 1. The molecule has 38 heavy (non-hydrogen) atoms. The number of halogens is 1. The highest BCUT2D eigenvalue weighted by Gasteiger charge is 2.48. The number of anilines is 1. The van der Waals surface area contributed by atoms with E-state index in [0.29, 0.717) is 30.9 Å². The molecular weight excluding hydrogens is 511 g/mol. The third-order valence-electron chi connectivity index (χ3n) is 7.32. The van der Waals surface area contributed by atoms with Gasteiger partial charge in [0.25, 0.3) is 5.91 Å². The van der Waals surface area contributed by atoms with Gasteiger partial charge in [0.1, 0.15) is 16.5 Å². The second-order valence-corrected chi connectivity index (χ2v) is 11.9. The lowest BCUT2D eigenvalue weighted by atomic mass is 9.91. The van der Waals surface area contributed by atoms with E-state index >= 15 is 0 Å². The molecule has 2 aliphatic heterocycles. The molecule has 2 N–H and O–H groups in total. The van der Waals surface area contributed by atoms with E-state index in [0.717, 1.165) is 11.3 Å². The number of methoxy groups -OCH3 is 1. The number of aryl methyl sites for hydroxylation is 2. The van der Waals surface area contributed by atoms with Gasteiger partial charge in [0.05, 0.1) is 19.3 Å². The van der Waals surface area contributed by atoms with E-state index in [1.54, 1.807) is 21.1 Å². The first-order valence-electron chi connectivity index (χ1n) is 12.3. The number of aromatic nitrogens is 1. The predicted molar refractivity (Wildman–Crippen MR) is 140 cm³/mol. The molecule has 1 amide bonds. The summed E-state index contributed by atoms with van der Waals surface area (Å²) in [6.45, 7) is 5.49. The maximum Gasteiger partial charge on any atom is 0.276 e. The summed E-state index contributed by atoms with van der Waals surface area (Å²) in [6.07, 6.45) is 1.39. The van der Waals surface area contributed by atoms with E-state index in [4.69, 9.17) is 9.47 Å². The van der Waals surface area contributed by atoms with Crippen LogP contribution in [-0.4, -0.2) is 56.1 Å². The van der Waals surface area contributed by atoms with Crippen LogP contribution >= 0.6 is 0 Å². The van der Waals surface area contributed by atoms with Crippen LogP contribution in [0, 0.1) is 18.7 Å². The predicted octanol–water partition coefficient (Wildman–Crippen LogP) is 3.29. The zero-order chi connectivity index (χ0) is 27.2. The minimum atomic E-state index is -4.01. The van der Waals surface area contributed by atoms with Crippen LogP contribution in [0.3, 0.4) is 0 Å². The summed E-state index contributed by atoms with van der Waals surface area (Å²) >= 11 is 0. The highest BCUT2D eigenvalue weighted by molar-refractivity contribution is 7.89. The number of benzene rings is 2. The number of nitrogens with zero attached hydrogens (tertiary/aromatic N) is 2. The van der Waals surface area contributed by atoms with Gasteiger partial charge in [0.2, 0.25) is 10.0 Å². The van der Waals surface area contributed by atoms with Gasteiger partial charge >= 0.3 is 0 Å². The first-order chi connectivity index (χ1) is 18.0. The fourth-order valence-corrected chi connectivity index (χ4v) is 6.91. The van der Waals surface area contributed by atoms with Crippen molar-refractivity contribution in [2.45, 2.75) is 30.8 Å². The van der Waals surface area contributed by atoms with Gasteiger partial charge in [-0.25, -0.2) is 17.5 Å². The Morgan fingerprint density at radius 1 is 1.26 bits per heavy atom. The number of sulfonamides is 1. The second kappa shape index (κ2) is 9.72. The normalized spacial score (nSPS) is 22.5. The number of nitrogens with one attached hydrogen (secondary N) is 2. The second-order valence-electron chi connectivity index (χ2n) is 10.2. The van der Waals surface area contributed by atoms with Crippen molar-refractivity contribution in [2.75, 3.05) is 32.1 Å². The summed E-state index contributed by atoms with van der Waals surface area (Å²) < 4.78 is 56.5. The van der Waals surface area contributed by atoms with Crippen LogP contribution in [0.15, 0.2) is 53.6 Å². The summed E-state index contributed by atoms with van der Waals surface area (Å²) in [5, 5.41) is 2.72. The van der Waals surface area contributed by atoms with Gasteiger partial charge in [-0.2, -0.15) is 0 Å². The lowest BCUT2D eigenvalue weighted by molar-refractivity contribution is 0.101. The fourth-order valence-electron chi connectivity index (χ4n) is 5.26. The Labute approximate surface area is 221 Å². The Kier molecular flexibility index (Phi) is 6.70. The van der Waals surface area contributed by atoms with Gasteiger partial charge < -0.3 is 19.4 Å². The monoisotopic (exact) mass is 542 g/mol. The van der Waals surface area contributed by atoms with Crippen LogP contribution in [0.4, 0.5) is 10.1 Å². The van der Waals surface area contributed by atoms with Crippen LogP contribution in [0.5, 0.6) is 11.5 Å². The van der Waals surface area contributed by atoms with Crippen molar-refractivity contribution in [3.05, 3.63) is 71.3 Å². The van der Waals surface area contributed by atoms with E-state index in [9.17, 15) is 17.6 Å². The maximum absolute atomic E-state index is 13.7. The minimum absolute atomic E-state index is 0.00647. The highest BCUT2D eigenvalue weighted by atomic mass is 32.2. The number of hydrogen-bond donors (Lipinski definition) is 2. The van der Waals surface area contributed by atoms with E-state index in [2.05, 4.69) is 14.9 Å². The van der Waals surface area contributed by atoms with Crippen molar-refractivity contribution in [3.63, 3.8) is 0 Å². The summed E-state index contributed by atoms with van der Waals surface area (Å²) in [5.74, 6) is -0.303. The summed E-state index contributed by atoms with van der Waals surface area (Å²) in [5.41, 5.74) is 1.18. The summed E-state index contributed by atoms with van der Waals surface area (Å²) in [7, 11) is -0.797. The van der Waals surface area contributed by atoms with Crippen molar-refractivity contribution < 1.29 is 27.1 Å². The average molecular weight is 543 g/mol. The molecular formula is C27H31FN4O5S. The third kappa shape index (κ3) is 4.89. The molecule has 1 saturated heterocycles. The quantitative estimate of drug-likeness (QED) is 0.513. The molecule has 5 rings (SSSR count). The fraction of sp³-hybridized carbons (Fsp3) is 0.370. The Hall–Kier alpha value is -3.41. The molecule has 3 heterocycles. The average Bonchev–Trinajstić information content (AvgIpc) is 3.35. The molecule has 1 fully saturated rings. The Bertz CT molecular complexity index is 1490. The minimum Gasteiger partial charge on any atom is -0.497 e. The van der Waals surface area contributed by atoms with E-state index in [-0.39, 0.29) is 34.7 Å². The van der Waals surface area contributed by atoms with Crippen molar-refractivity contribution in [1.82, 2.24) is 14.2 Å². The number of rotatable bonds is 5. The lowest BCUT2D eigenvalue weighted by Crippen LogP contribution is -2.54. The molecule has 0 spiro atoms. The largest absolute Gasteiger partial charge is 0.497 e. The molecule has 0 bridgehead atoms. The number of fused-ring (bicyclic) bond motifs is 2. The van der Waals surface area contributed by atoms with E-state index in [1.165, 1.54) is 29.0 Å². The van der Waals surface area contributed by atoms with E-state index < -0.39 is 21.5 Å². The smallest absolute Gasteiger partial charge is 0.276 e. The van der Waals surface area contributed by atoms with Gasteiger partial charge in [0.15, 0.2) is 11.4 Å².